The Labute approximate surface area is 191 Å². The number of unbranched alkanes of at least 4 members (excludes halogenated alkanes) is 1. The van der Waals surface area contributed by atoms with Crippen molar-refractivity contribution in [2.45, 2.75) is 58.4 Å². The van der Waals surface area contributed by atoms with E-state index >= 15 is 0 Å². The average Bonchev–Trinajstić information content (AvgIpc) is 3.15. The molecular weight excluding hydrogens is 398 g/mol. The Morgan fingerprint density at radius 3 is 2.78 bits per heavy atom. The molecule has 0 aliphatic heterocycles. The third-order valence-corrected chi connectivity index (χ3v) is 5.48. The highest BCUT2D eigenvalue weighted by Gasteiger charge is 2.10. The summed E-state index contributed by atoms with van der Waals surface area (Å²) >= 11 is 0. The quantitative estimate of drug-likeness (QED) is 0.271. The first-order chi connectivity index (χ1) is 15.7. The first-order valence-corrected chi connectivity index (χ1v) is 11.8. The molecule has 0 saturated carbocycles. The van der Waals surface area contributed by atoms with Gasteiger partial charge in [-0.05, 0) is 55.9 Å². The molecule has 32 heavy (non-hydrogen) atoms. The molecular formula is C27H35N3O2. The van der Waals surface area contributed by atoms with E-state index in [4.69, 9.17) is 9.72 Å². The second kappa shape index (κ2) is 12.7. The molecule has 1 amide bonds. The van der Waals surface area contributed by atoms with E-state index in [1.165, 1.54) is 11.1 Å². The Morgan fingerprint density at radius 1 is 1.12 bits per heavy atom. The molecule has 0 atom stereocenters. The number of aryl methyl sites for hydroxylation is 2. The predicted octanol–water partition coefficient (Wildman–Crippen LogP) is 5.47. The van der Waals surface area contributed by atoms with Crippen LogP contribution in [-0.2, 0) is 24.2 Å². The van der Waals surface area contributed by atoms with Gasteiger partial charge in [-0.15, -0.1) is 6.58 Å². The number of para-hydroxylation sites is 3. The monoisotopic (exact) mass is 433 g/mol. The molecule has 1 aromatic heterocycles. The smallest absolute Gasteiger partial charge is 0.219 e. The summed E-state index contributed by atoms with van der Waals surface area (Å²) < 4.78 is 8.36. The molecule has 1 heterocycles. The first-order valence-electron chi connectivity index (χ1n) is 11.8. The van der Waals surface area contributed by atoms with E-state index in [0.29, 0.717) is 19.6 Å². The van der Waals surface area contributed by atoms with Crippen molar-refractivity contribution < 1.29 is 9.53 Å². The molecule has 0 bridgehead atoms. The third kappa shape index (κ3) is 6.71. The maximum atomic E-state index is 11.7. The van der Waals surface area contributed by atoms with Crippen LogP contribution in [0.15, 0.2) is 61.2 Å². The molecule has 0 saturated heterocycles. The summed E-state index contributed by atoms with van der Waals surface area (Å²) in [5.74, 6) is 2.18. The standard InChI is InChI=1S/C27H35N3O2/c1-3-12-22-14-5-8-17-25(22)32-21-10-9-20-30-24-16-7-6-15-23(24)29-26(30)18-11-19-28-27(31)13-4-2/h3,5-8,14-17H,1,4,9-13,18-21H2,2H3,(H,28,31). The second-order valence-electron chi connectivity index (χ2n) is 8.03. The van der Waals surface area contributed by atoms with Gasteiger partial charge in [0.05, 0.1) is 17.6 Å². The van der Waals surface area contributed by atoms with Crippen LogP contribution in [0.4, 0.5) is 0 Å². The Morgan fingerprint density at radius 2 is 1.94 bits per heavy atom. The van der Waals surface area contributed by atoms with Crippen LogP contribution in [0.1, 0.15) is 50.4 Å². The average molecular weight is 434 g/mol. The normalized spacial score (nSPS) is 10.9. The van der Waals surface area contributed by atoms with Gasteiger partial charge in [-0.2, -0.15) is 0 Å². The number of allylic oxidation sites excluding steroid dienone is 1. The molecule has 0 aliphatic rings. The number of fused-ring (bicyclic) bond motifs is 1. The maximum absolute atomic E-state index is 11.7. The lowest BCUT2D eigenvalue weighted by molar-refractivity contribution is -0.121. The van der Waals surface area contributed by atoms with E-state index in [-0.39, 0.29) is 5.91 Å². The Kier molecular flexibility index (Phi) is 9.36. The first kappa shape index (κ1) is 23.6. The minimum Gasteiger partial charge on any atom is -0.493 e. The van der Waals surface area contributed by atoms with Gasteiger partial charge in [-0.1, -0.05) is 43.3 Å². The van der Waals surface area contributed by atoms with Crippen molar-refractivity contribution in [2.24, 2.45) is 0 Å². The third-order valence-electron chi connectivity index (χ3n) is 5.48. The summed E-state index contributed by atoms with van der Waals surface area (Å²) in [6.07, 6.45) is 7.94. The van der Waals surface area contributed by atoms with Crippen molar-refractivity contribution in [3.63, 3.8) is 0 Å². The summed E-state index contributed by atoms with van der Waals surface area (Å²) in [6.45, 7) is 8.15. The number of aromatic nitrogens is 2. The minimum atomic E-state index is 0.135. The van der Waals surface area contributed by atoms with Gasteiger partial charge >= 0.3 is 0 Å². The van der Waals surface area contributed by atoms with E-state index < -0.39 is 0 Å². The molecule has 1 N–H and O–H groups in total. The molecule has 3 aromatic rings. The summed E-state index contributed by atoms with van der Waals surface area (Å²) in [7, 11) is 0. The van der Waals surface area contributed by atoms with Crippen molar-refractivity contribution in [2.75, 3.05) is 13.2 Å². The Hall–Kier alpha value is -3.08. The molecule has 0 unspecified atom stereocenters. The highest BCUT2D eigenvalue weighted by Crippen LogP contribution is 2.20. The van der Waals surface area contributed by atoms with Crippen LogP contribution >= 0.6 is 0 Å². The number of imidazole rings is 1. The summed E-state index contributed by atoms with van der Waals surface area (Å²) in [6, 6.07) is 16.5. The summed E-state index contributed by atoms with van der Waals surface area (Å²) in [4.78, 5) is 16.5. The lowest BCUT2D eigenvalue weighted by atomic mass is 10.1. The molecule has 0 fully saturated rings. The summed E-state index contributed by atoms with van der Waals surface area (Å²) in [5, 5.41) is 3.00. The Bertz CT molecular complexity index is 1010. The van der Waals surface area contributed by atoms with Crippen LogP contribution in [0.2, 0.25) is 0 Å². The van der Waals surface area contributed by atoms with Crippen molar-refractivity contribution in [1.82, 2.24) is 14.9 Å². The van der Waals surface area contributed by atoms with Crippen molar-refractivity contribution >= 4 is 16.9 Å². The molecule has 170 valence electrons. The molecule has 0 radical (unpaired) electrons. The molecule has 0 spiro atoms. The van der Waals surface area contributed by atoms with E-state index in [1.807, 2.05) is 37.3 Å². The minimum absolute atomic E-state index is 0.135. The maximum Gasteiger partial charge on any atom is 0.219 e. The van der Waals surface area contributed by atoms with Gasteiger partial charge in [0.1, 0.15) is 11.6 Å². The fourth-order valence-corrected chi connectivity index (χ4v) is 3.88. The molecule has 2 aromatic carbocycles. The molecule has 5 heteroatoms. The lowest BCUT2D eigenvalue weighted by Gasteiger charge is -2.12. The number of benzene rings is 2. The number of hydrogen-bond acceptors (Lipinski definition) is 3. The second-order valence-corrected chi connectivity index (χ2v) is 8.03. The van der Waals surface area contributed by atoms with Crippen LogP contribution in [-0.4, -0.2) is 28.6 Å². The molecule has 5 nitrogen and oxygen atoms in total. The van der Waals surface area contributed by atoms with Crippen molar-refractivity contribution in [3.8, 4) is 5.75 Å². The summed E-state index contributed by atoms with van der Waals surface area (Å²) in [5.41, 5.74) is 3.39. The van der Waals surface area contributed by atoms with E-state index in [2.05, 4.69) is 40.7 Å². The van der Waals surface area contributed by atoms with Gasteiger partial charge in [0.15, 0.2) is 0 Å². The highest BCUT2D eigenvalue weighted by atomic mass is 16.5. The zero-order valence-electron chi connectivity index (χ0n) is 19.2. The van der Waals surface area contributed by atoms with E-state index in [9.17, 15) is 4.79 Å². The van der Waals surface area contributed by atoms with Gasteiger partial charge in [0, 0.05) is 25.9 Å². The SMILES string of the molecule is C=CCc1ccccc1OCCCCn1c(CCCNC(=O)CCC)nc2ccccc21. The number of carbonyl (C=O) groups is 1. The lowest BCUT2D eigenvalue weighted by Crippen LogP contribution is -2.24. The van der Waals surface area contributed by atoms with Gasteiger partial charge in [0.2, 0.25) is 5.91 Å². The van der Waals surface area contributed by atoms with Crippen LogP contribution in [0.25, 0.3) is 11.0 Å². The largest absolute Gasteiger partial charge is 0.493 e. The zero-order chi connectivity index (χ0) is 22.6. The number of hydrogen-bond donors (Lipinski definition) is 1. The number of nitrogens with one attached hydrogen (secondary N) is 1. The van der Waals surface area contributed by atoms with Crippen LogP contribution < -0.4 is 10.1 Å². The van der Waals surface area contributed by atoms with Gasteiger partial charge in [0.25, 0.3) is 0 Å². The van der Waals surface area contributed by atoms with Crippen LogP contribution in [0.5, 0.6) is 5.75 Å². The van der Waals surface area contributed by atoms with Gasteiger partial charge in [-0.3, -0.25) is 4.79 Å². The van der Waals surface area contributed by atoms with Gasteiger partial charge < -0.3 is 14.6 Å². The number of rotatable bonds is 14. The fourth-order valence-electron chi connectivity index (χ4n) is 3.88. The predicted molar refractivity (Wildman–Crippen MR) is 131 cm³/mol. The van der Waals surface area contributed by atoms with E-state index in [0.717, 1.165) is 62.2 Å². The topological polar surface area (TPSA) is 56.1 Å². The molecule has 0 aliphatic carbocycles. The number of ether oxygens (including phenoxy) is 1. The van der Waals surface area contributed by atoms with Gasteiger partial charge in [-0.25, -0.2) is 4.98 Å². The van der Waals surface area contributed by atoms with Crippen LogP contribution in [0, 0.1) is 0 Å². The zero-order valence-corrected chi connectivity index (χ0v) is 19.2. The highest BCUT2D eigenvalue weighted by molar-refractivity contribution is 5.76. The number of nitrogens with zero attached hydrogens (tertiary/aromatic N) is 2. The Balaban J connectivity index is 1.53. The molecule has 3 rings (SSSR count). The number of carbonyl (C=O) groups excluding carboxylic acids is 1. The van der Waals surface area contributed by atoms with Crippen molar-refractivity contribution in [3.05, 3.63) is 72.6 Å². The van der Waals surface area contributed by atoms with E-state index in [1.54, 1.807) is 0 Å². The van der Waals surface area contributed by atoms with Crippen LogP contribution in [0.3, 0.4) is 0 Å². The number of amides is 1. The van der Waals surface area contributed by atoms with Crippen molar-refractivity contribution in [1.29, 1.82) is 0 Å². The fraction of sp³-hybridized carbons (Fsp3) is 0.407.